The quantitative estimate of drug-likeness (QED) is 0.890. The Morgan fingerprint density at radius 3 is 2.71 bits per heavy atom. The van der Waals surface area contributed by atoms with E-state index in [0.717, 1.165) is 4.88 Å². The molecule has 0 saturated heterocycles. The minimum absolute atomic E-state index is 0.104. The molecule has 1 aliphatic carbocycles. The van der Waals surface area contributed by atoms with Gasteiger partial charge >= 0.3 is 5.97 Å². The summed E-state index contributed by atoms with van der Waals surface area (Å²) < 4.78 is 5.30. The molecule has 5 nitrogen and oxygen atoms in total. The Labute approximate surface area is 125 Å². The topological polar surface area (TPSA) is 70.8 Å². The molecule has 2 aromatic rings. The second-order valence-corrected chi connectivity index (χ2v) is 6.17. The first-order chi connectivity index (χ1) is 10.1. The lowest BCUT2D eigenvalue weighted by molar-refractivity contribution is -0.142. The van der Waals surface area contributed by atoms with Crippen molar-refractivity contribution in [3.63, 3.8) is 0 Å². The van der Waals surface area contributed by atoms with E-state index in [-0.39, 0.29) is 5.91 Å². The number of hydrogen-bond acceptors (Lipinski definition) is 4. The van der Waals surface area contributed by atoms with Crippen LogP contribution >= 0.6 is 11.3 Å². The predicted octanol–water partition coefficient (Wildman–Crippen LogP) is 2.59. The smallest absolute Gasteiger partial charge is 0.307 e. The van der Waals surface area contributed by atoms with Crippen LogP contribution in [-0.2, 0) is 22.7 Å². The number of carbonyl (C=O) groups excluding carboxylic acids is 1. The molecule has 1 saturated carbocycles. The first kappa shape index (κ1) is 13.9. The van der Waals surface area contributed by atoms with E-state index in [9.17, 15) is 9.59 Å². The largest absolute Gasteiger partial charge is 0.481 e. The van der Waals surface area contributed by atoms with Crippen molar-refractivity contribution in [3.05, 3.63) is 46.5 Å². The number of carboxylic acids is 1. The predicted molar refractivity (Wildman–Crippen MR) is 76.5 cm³/mol. The van der Waals surface area contributed by atoms with Crippen molar-refractivity contribution >= 4 is 23.2 Å². The van der Waals surface area contributed by atoms with Gasteiger partial charge in [-0.2, -0.15) is 0 Å². The number of furan rings is 1. The number of aliphatic carboxylic acids is 1. The van der Waals surface area contributed by atoms with E-state index in [1.807, 2.05) is 23.6 Å². The Kier molecular flexibility index (Phi) is 3.79. The molecule has 110 valence electrons. The van der Waals surface area contributed by atoms with Crippen molar-refractivity contribution in [2.24, 2.45) is 11.8 Å². The number of carbonyl (C=O) groups is 2. The SMILES string of the molecule is O=C(O)[C@@H]1C[C@@H]1C(=O)N(Cc1ccco1)Cc1cccs1. The molecule has 0 radical (unpaired) electrons. The van der Waals surface area contributed by atoms with Gasteiger partial charge in [-0.3, -0.25) is 9.59 Å². The molecule has 0 aliphatic heterocycles. The van der Waals surface area contributed by atoms with E-state index >= 15 is 0 Å². The fourth-order valence-corrected chi connectivity index (χ4v) is 3.09. The van der Waals surface area contributed by atoms with Gasteiger partial charge in [-0.25, -0.2) is 0 Å². The van der Waals surface area contributed by atoms with Gasteiger partial charge in [-0.05, 0) is 30.0 Å². The summed E-state index contributed by atoms with van der Waals surface area (Å²) in [6.45, 7) is 0.854. The van der Waals surface area contributed by atoms with Crippen molar-refractivity contribution in [1.82, 2.24) is 4.90 Å². The third-order valence-electron chi connectivity index (χ3n) is 3.59. The van der Waals surface area contributed by atoms with Crippen LogP contribution in [0.3, 0.4) is 0 Å². The Morgan fingerprint density at radius 1 is 1.29 bits per heavy atom. The first-order valence-electron chi connectivity index (χ1n) is 6.71. The number of thiophene rings is 1. The van der Waals surface area contributed by atoms with E-state index in [4.69, 9.17) is 9.52 Å². The minimum atomic E-state index is -0.887. The maximum absolute atomic E-state index is 12.5. The Balaban J connectivity index is 1.72. The average Bonchev–Trinajstić information content (AvgIpc) is 2.85. The fraction of sp³-hybridized carbons (Fsp3) is 0.333. The van der Waals surface area contributed by atoms with E-state index in [2.05, 4.69) is 0 Å². The van der Waals surface area contributed by atoms with Crippen molar-refractivity contribution in [1.29, 1.82) is 0 Å². The van der Waals surface area contributed by atoms with Crippen LogP contribution in [0.2, 0.25) is 0 Å². The van der Waals surface area contributed by atoms with Gasteiger partial charge < -0.3 is 14.4 Å². The van der Waals surface area contributed by atoms with Crippen LogP contribution < -0.4 is 0 Å². The van der Waals surface area contributed by atoms with Crippen LogP contribution in [0.25, 0.3) is 0 Å². The Morgan fingerprint density at radius 2 is 2.14 bits per heavy atom. The third kappa shape index (κ3) is 3.16. The Hall–Kier alpha value is -2.08. The zero-order valence-electron chi connectivity index (χ0n) is 11.3. The van der Waals surface area contributed by atoms with Crippen LogP contribution in [0.1, 0.15) is 17.1 Å². The molecule has 0 bridgehead atoms. The molecule has 3 rings (SSSR count). The van der Waals surface area contributed by atoms with Crippen molar-refractivity contribution in [3.8, 4) is 0 Å². The summed E-state index contributed by atoms with van der Waals surface area (Å²) in [5.74, 6) is -1.21. The normalized spacial score (nSPS) is 20.2. The summed E-state index contributed by atoms with van der Waals surface area (Å²) in [5, 5.41) is 10.9. The molecule has 0 unspecified atom stereocenters. The minimum Gasteiger partial charge on any atom is -0.481 e. The molecule has 1 amide bonds. The number of rotatable bonds is 6. The maximum atomic E-state index is 12.5. The van der Waals surface area contributed by atoms with E-state index in [1.165, 1.54) is 0 Å². The number of nitrogens with zero attached hydrogens (tertiary/aromatic N) is 1. The van der Waals surface area contributed by atoms with Crippen molar-refractivity contribution in [2.75, 3.05) is 0 Å². The molecule has 2 aromatic heterocycles. The molecule has 0 aromatic carbocycles. The molecule has 1 aliphatic rings. The van der Waals surface area contributed by atoms with Crippen molar-refractivity contribution < 1.29 is 19.1 Å². The highest BCUT2D eigenvalue weighted by molar-refractivity contribution is 7.09. The lowest BCUT2D eigenvalue weighted by Gasteiger charge is -2.21. The van der Waals surface area contributed by atoms with Gasteiger partial charge in [0.1, 0.15) is 5.76 Å². The van der Waals surface area contributed by atoms with Gasteiger partial charge in [-0.15, -0.1) is 11.3 Å². The Bertz CT molecular complexity index is 584. The van der Waals surface area contributed by atoms with Gasteiger partial charge in [0.05, 0.1) is 31.2 Å². The van der Waals surface area contributed by atoms with E-state index < -0.39 is 17.8 Å². The molecule has 1 N–H and O–H groups in total. The van der Waals surface area contributed by atoms with E-state index in [0.29, 0.717) is 25.3 Å². The third-order valence-corrected chi connectivity index (χ3v) is 4.45. The standard InChI is InChI=1S/C15H15NO4S/c17-14(12-7-13(12)15(18)19)16(8-10-3-1-5-20-10)9-11-4-2-6-21-11/h1-6,12-13H,7-9H2,(H,18,19)/t12-,13+/m0/s1. The highest BCUT2D eigenvalue weighted by Gasteiger charge is 2.49. The lowest BCUT2D eigenvalue weighted by Crippen LogP contribution is -2.32. The number of amides is 1. The molecule has 1 fully saturated rings. The molecular formula is C15H15NO4S. The van der Waals surface area contributed by atoms with Gasteiger partial charge in [0, 0.05) is 4.88 Å². The summed E-state index contributed by atoms with van der Waals surface area (Å²) in [4.78, 5) is 26.2. The second kappa shape index (κ2) is 5.73. The highest BCUT2D eigenvalue weighted by atomic mass is 32.1. The maximum Gasteiger partial charge on any atom is 0.307 e. The lowest BCUT2D eigenvalue weighted by atomic mass is 10.2. The highest BCUT2D eigenvalue weighted by Crippen LogP contribution is 2.40. The molecule has 0 spiro atoms. The average molecular weight is 305 g/mol. The first-order valence-corrected chi connectivity index (χ1v) is 7.59. The molecule has 2 heterocycles. The summed E-state index contributed by atoms with van der Waals surface area (Å²) in [6.07, 6.45) is 2.01. The zero-order chi connectivity index (χ0) is 14.8. The fourth-order valence-electron chi connectivity index (χ4n) is 2.37. The molecule has 21 heavy (non-hydrogen) atoms. The molecule has 6 heteroatoms. The summed E-state index contributed by atoms with van der Waals surface area (Å²) >= 11 is 1.58. The van der Waals surface area contributed by atoms with Gasteiger partial charge in [0.2, 0.25) is 5.91 Å². The van der Waals surface area contributed by atoms with Crippen LogP contribution in [0.5, 0.6) is 0 Å². The summed E-state index contributed by atoms with van der Waals surface area (Å²) in [5.41, 5.74) is 0. The van der Waals surface area contributed by atoms with Crippen LogP contribution in [-0.4, -0.2) is 21.9 Å². The van der Waals surface area contributed by atoms with E-state index in [1.54, 1.807) is 28.6 Å². The number of carboxylic acid groups (broad SMARTS) is 1. The molecule has 2 atom stereocenters. The summed E-state index contributed by atoms with van der Waals surface area (Å²) in [7, 11) is 0. The zero-order valence-corrected chi connectivity index (χ0v) is 12.1. The second-order valence-electron chi connectivity index (χ2n) is 5.14. The summed E-state index contributed by atoms with van der Waals surface area (Å²) in [6, 6.07) is 7.50. The van der Waals surface area contributed by atoms with Gasteiger partial charge in [0.25, 0.3) is 0 Å². The van der Waals surface area contributed by atoms with Crippen LogP contribution in [0.4, 0.5) is 0 Å². The molecular weight excluding hydrogens is 290 g/mol. The monoisotopic (exact) mass is 305 g/mol. The van der Waals surface area contributed by atoms with Gasteiger partial charge in [0.15, 0.2) is 0 Å². The van der Waals surface area contributed by atoms with Crippen LogP contribution in [0, 0.1) is 11.8 Å². The van der Waals surface area contributed by atoms with Gasteiger partial charge in [-0.1, -0.05) is 6.07 Å². The van der Waals surface area contributed by atoms with Crippen molar-refractivity contribution in [2.45, 2.75) is 19.5 Å². The number of hydrogen-bond donors (Lipinski definition) is 1. The van der Waals surface area contributed by atoms with Crippen LogP contribution in [0.15, 0.2) is 40.3 Å².